The van der Waals surface area contributed by atoms with Gasteiger partial charge in [-0.25, -0.2) is 14.4 Å². The summed E-state index contributed by atoms with van der Waals surface area (Å²) in [5.41, 5.74) is -0.919. The number of hydrogen-bond acceptors (Lipinski definition) is 8. The summed E-state index contributed by atoms with van der Waals surface area (Å²) in [6.07, 6.45) is 3.69. The molecule has 1 unspecified atom stereocenters. The normalized spacial score (nSPS) is 21.5. The summed E-state index contributed by atoms with van der Waals surface area (Å²) < 4.78 is 16.0. The molecule has 5 amide bonds. The fourth-order valence-electron chi connectivity index (χ4n) is 4.65. The minimum Gasteiger partial charge on any atom is -0.464 e. The molecule has 12 nitrogen and oxygen atoms in total. The van der Waals surface area contributed by atoms with Crippen LogP contribution in [0.5, 0.6) is 0 Å². The minimum atomic E-state index is -0.956. The van der Waals surface area contributed by atoms with Crippen LogP contribution in [0.3, 0.4) is 0 Å². The fourth-order valence-corrected chi connectivity index (χ4v) is 4.65. The van der Waals surface area contributed by atoms with E-state index in [4.69, 9.17) is 13.9 Å². The van der Waals surface area contributed by atoms with Crippen LogP contribution in [0.1, 0.15) is 56.6 Å². The molecule has 188 valence electrons. The Kier molecular flexibility index (Phi) is 6.81. The number of carbonyl (C=O) groups excluding carboxylic acids is 5. The number of hydrogen-bond donors (Lipinski definition) is 3. The van der Waals surface area contributed by atoms with Gasteiger partial charge in [0.1, 0.15) is 36.3 Å². The zero-order valence-electron chi connectivity index (χ0n) is 19.6. The van der Waals surface area contributed by atoms with Crippen molar-refractivity contribution in [2.24, 2.45) is 0 Å². The maximum Gasteiger partial charge on any atom is 0.338 e. The first kappa shape index (κ1) is 24.3. The molecule has 35 heavy (non-hydrogen) atoms. The molecule has 1 aliphatic carbocycles. The lowest BCUT2D eigenvalue weighted by molar-refractivity contribution is -0.147. The van der Waals surface area contributed by atoms with E-state index in [0.29, 0.717) is 24.4 Å². The zero-order chi connectivity index (χ0) is 25.2. The Labute approximate surface area is 201 Å². The highest BCUT2D eigenvalue weighted by atomic mass is 16.5. The van der Waals surface area contributed by atoms with Gasteiger partial charge in [-0.2, -0.15) is 0 Å². The van der Waals surface area contributed by atoms with E-state index in [1.165, 1.54) is 0 Å². The second-order valence-electron chi connectivity index (χ2n) is 8.72. The van der Waals surface area contributed by atoms with E-state index in [1.807, 2.05) is 0 Å². The Bertz CT molecular complexity index is 1090. The van der Waals surface area contributed by atoms with Crippen molar-refractivity contribution in [3.63, 3.8) is 0 Å². The monoisotopic (exact) mass is 488 g/mol. The van der Waals surface area contributed by atoms with Crippen LogP contribution in [0, 0.1) is 6.92 Å². The van der Waals surface area contributed by atoms with Crippen LogP contribution in [-0.4, -0.2) is 60.1 Å². The molecular weight excluding hydrogens is 460 g/mol. The molecular formula is C23H28N4O8. The van der Waals surface area contributed by atoms with Gasteiger partial charge in [0.05, 0.1) is 17.9 Å². The number of nitrogens with zero attached hydrogens (tertiary/aromatic N) is 1. The van der Waals surface area contributed by atoms with Gasteiger partial charge in [0.2, 0.25) is 0 Å². The largest absolute Gasteiger partial charge is 0.464 e. The van der Waals surface area contributed by atoms with Crippen LogP contribution in [-0.2, 0) is 23.9 Å². The lowest BCUT2D eigenvalue weighted by atomic mass is 9.82. The van der Waals surface area contributed by atoms with Gasteiger partial charge < -0.3 is 29.8 Å². The van der Waals surface area contributed by atoms with Crippen molar-refractivity contribution in [3.05, 3.63) is 34.9 Å². The molecule has 1 aromatic rings. The number of imide groups is 1. The topological polar surface area (TPSA) is 156 Å². The number of furan rings is 1. The number of ether oxygens (including phenoxy) is 2. The summed E-state index contributed by atoms with van der Waals surface area (Å²) >= 11 is 0. The Morgan fingerprint density at radius 2 is 1.89 bits per heavy atom. The van der Waals surface area contributed by atoms with Crippen molar-refractivity contribution in [1.82, 2.24) is 20.9 Å². The van der Waals surface area contributed by atoms with Crippen LogP contribution in [0.15, 0.2) is 27.8 Å². The summed E-state index contributed by atoms with van der Waals surface area (Å²) in [6, 6.07) is 1.08. The van der Waals surface area contributed by atoms with Crippen LogP contribution in [0.25, 0.3) is 0 Å². The molecule has 1 atom stereocenters. The van der Waals surface area contributed by atoms with Gasteiger partial charge >= 0.3 is 24.0 Å². The van der Waals surface area contributed by atoms with E-state index in [1.54, 1.807) is 26.0 Å². The second kappa shape index (κ2) is 9.80. The van der Waals surface area contributed by atoms with Gasteiger partial charge in [-0.15, -0.1) is 0 Å². The number of urea groups is 2. The van der Waals surface area contributed by atoms with Crippen molar-refractivity contribution in [2.75, 3.05) is 19.8 Å². The number of nitrogens with one attached hydrogen (secondary N) is 3. The minimum absolute atomic E-state index is 0.0144. The quantitative estimate of drug-likeness (QED) is 0.386. The molecule has 0 radical (unpaired) electrons. The third-order valence-electron chi connectivity index (χ3n) is 6.31. The van der Waals surface area contributed by atoms with Crippen molar-refractivity contribution in [1.29, 1.82) is 0 Å². The molecule has 2 fully saturated rings. The van der Waals surface area contributed by atoms with E-state index in [0.717, 1.165) is 24.2 Å². The van der Waals surface area contributed by atoms with Gasteiger partial charge in [-0.1, -0.05) is 19.3 Å². The molecule has 2 aliphatic heterocycles. The summed E-state index contributed by atoms with van der Waals surface area (Å²) in [7, 11) is 0. The van der Waals surface area contributed by atoms with Crippen molar-refractivity contribution < 1.29 is 37.9 Å². The second-order valence-corrected chi connectivity index (χ2v) is 8.72. The van der Waals surface area contributed by atoms with Gasteiger partial charge in [0.15, 0.2) is 0 Å². The Hall–Kier alpha value is -3.83. The summed E-state index contributed by atoms with van der Waals surface area (Å²) in [5, 5.41) is 7.81. The Morgan fingerprint density at radius 3 is 2.54 bits per heavy atom. The molecule has 3 aliphatic rings. The van der Waals surface area contributed by atoms with Crippen LogP contribution >= 0.6 is 0 Å². The predicted octanol–water partition coefficient (Wildman–Crippen LogP) is 1.56. The molecule has 1 spiro atoms. The molecule has 3 heterocycles. The standard InChI is InChI=1S/C23H28N4O8/c1-3-33-19(29)17-14(24-21(31)25-18(17)15-8-7-13(2)35-15)12-34-16(28)11-27-20(30)23(26-22(27)32)9-5-4-6-10-23/h7-8,18H,3-6,9-12H2,1-2H3,(H,26,32)(H2,24,25,31). The third-order valence-corrected chi connectivity index (χ3v) is 6.31. The van der Waals surface area contributed by atoms with E-state index in [9.17, 15) is 24.0 Å². The smallest absolute Gasteiger partial charge is 0.338 e. The van der Waals surface area contributed by atoms with Crippen molar-refractivity contribution in [3.8, 4) is 0 Å². The fraction of sp³-hybridized carbons (Fsp3) is 0.522. The zero-order valence-corrected chi connectivity index (χ0v) is 19.6. The first-order valence-electron chi connectivity index (χ1n) is 11.6. The van der Waals surface area contributed by atoms with E-state index in [2.05, 4.69) is 16.0 Å². The maximum atomic E-state index is 12.9. The summed E-state index contributed by atoms with van der Waals surface area (Å²) in [6.45, 7) is 2.38. The highest BCUT2D eigenvalue weighted by Gasteiger charge is 2.51. The van der Waals surface area contributed by atoms with Gasteiger partial charge in [-0.3, -0.25) is 14.5 Å². The van der Waals surface area contributed by atoms with Crippen LogP contribution in [0.2, 0.25) is 0 Å². The molecule has 1 saturated carbocycles. The first-order valence-corrected chi connectivity index (χ1v) is 11.6. The predicted molar refractivity (Wildman–Crippen MR) is 119 cm³/mol. The number of carbonyl (C=O) groups is 5. The van der Waals surface area contributed by atoms with Crippen molar-refractivity contribution in [2.45, 2.75) is 57.5 Å². The van der Waals surface area contributed by atoms with Gasteiger partial charge in [-0.05, 0) is 38.8 Å². The summed E-state index contributed by atoms with van der Waals surface area (Å²) in [5.74, 6) is -1.14. The van der Waals surface area contributed by atoms with E-state index in [-0.39, 0.29) is 17.9 Å². The molecule has 4 rings (SSSR count). The van der Waals surface area contributed by atoms with E-state index >= 15 is 0 Å². The SMILES string of the molecule is CCOC(=O)C1=C(COC(=O)CN2C(=O)NC3(CCCCC3)C2=O)NC(=O)NC1c1ccc(C)o1. The first-order chi connectivity index (χ1) is 16.7. The highest BCUT2D eigenvalue weighted by molar-refractivity contribution is 6.08. The maximum absolute atomic E-state index is 12.9. The Morgan fingerprint density at radius 1 is 1.14 bits per heavy atom. The average Bonchev–Trinajstić information content (AvgIpc) is 3.35. The number of esters is 2. The third kappa shape index (κ3) is 4.86. The number of amides is 5. The molecule has 3 N–H and O–H groups in total. The van der Waals surface area contributed by atoms with Gasteiger partial charge in [0, 0.05) is 0 Å². The van der Waals surface area contributed by atoms with Crippen LogP contribution in [0.4, 0.5) is 9.59 Å². The summed E-state index contributed by atoms with van der Waals surface area (Å²) in [4.78, 5) is 63.7. The Balaban J connectivity index is 1.49. The molecule has 12 heteroatoms. The molecule has 1 saturated heterocycles. The van der Waals surface area contributed by atoms with Gasteiger partial charge in [0.25, 0.3) is 5.91 Å². The lowest BCUT2D eigenvalue weighted by Gasteiger charge is -2.30. The van der Waals surface area contributed by atoms with Crippen LogP contribution < -0.4 is 16.0 Å². The highest BCUT2D eigenvalue weighted by Crippen LogP contribution is 2.34. The average molecular weight is 488 g/mol. The van der Waals surface area contributed by atoms with E-state index < -0.39 is 54.6 Å². The number of aryl methyl sites for hydroxylation is 1. The molecule has 0 aromatic carbocycles. The van der Waals surface area contributed by atoms with Crippen molar-refractivity contribution >= 4 is 29.9 Å². The number of rotatable bonds is 7. The molecule has 1 aromatic heterocycles. The lowest BCUT2D eigenvalue weighted by Crippen LogP contribution is -2.48. The molecule has 0 bridgehead atoms.